The summed E-state index contributed by atoms with van der Waals surface area (Å²) in [6.07, 6.45) is 2.78. The van der Waals surface area contributed by atoms with Crippen molar-refractivity contribution in [1.82, 2.24) is 9.88 Å². The second-order valence-corrected chi connectivity index (χ2v) is 7.37. The fourth-order valence-electron chi connectivity index (χ4n) is 3.12. The predicted molar refractivity (Wildman–Crippen MR) is 88.5 cm³/mol. The standard InChI is InChI=1S/C16H25N3O2S/c1-12-13(2)22-16(17-12)19-7-3-6-18(8-9-19)15(20)14-4-10-21-11-5-14/h14H,3-11H2,1-2H3. The van der Waals surface area contributed by atoms with Crippen LogP contribution in [-0.4, -0.2) is 55.2 Å². The number of anilines is 1. The number of hydrogen-bond acceptors (Lipinski definition) is 5. The van der Waals surface area contributed by atoms with Crippen molar-refractivity contribution in [2.24, 2.45) is 5.92 Å². The molecule has 3 heterocycles. The highest BCUT2D eigenvalue weighted by Crippen LogP contribution is 2.26. The molecule has 0 N–H and O–H groups in total. The van der Waals surface area contributed by atoms with Crippen LogP contribution < -0.4 is 4.90 Å². The molecule has 3 rings (SSSR count). The van der Waals surface area contributed by atoms with Gasteiger partial charge in [0.2, 0.25) is 5.91 Å². The molecular weight excluding hydrogens is 298 g/mol. The first kappa shape index (κ1) is 15.7. The Kier molecular flexibility index (Phi) is 4.98. The third kappa shape index (κ3) is 3.43. The first-order chi connectivity index (χ1) is 10.6. The van der Waals surface area contributed by atoms with Gasteiger partial charge in [-0.25, -0.2) is 4.98 Å². The molecule has 2 saturated heterocycles. The molecule has 0 unspecified atom stereocenters. The lowest BCUT2D eigenvalue weighted by molar-refractivity contribution is -0.138. The van der Waals surface area contributed by atoms with Gasteiger partial charge in [-0.3, -0.25) is 4.79 Å². The number of thiazole rings is 1. The van der Waals surface area contributed by atoms with Crippen molar-refractivity contribution in [3.8, 4) is 0 Å². The lowest BCUT2D eigenvalue weighted by atomic mass is 9.98. The van der Waals surface area contributed by atoms with Crippen LogP contribution in [0.25, 0.3) is 0 Å². The van der Waals surface area contributed by atoms with Crippen LogP contribution in [0.3, 0.4) is 0 Å². The molecule has 1 amide bonds. The van der Waals surface area contributed by atoms with Gasteiger partial charge in [0.25, 0.3) is 0 Å². The van der Waals surface area contributed by atoms with E-state index in [1.54, 1.807) is 11.3 Å². The SMILES string of the molecule is Cc1nc(N2CCCN(C(=O)C3CCOCC3)CC2)sc1C. The van der Waals surface area contributed by atoms with Crippen LogP contribution in [0.5, 0.6) is 0 Å². The number of carbonyl (C=O) groups excluding carboxylic acids is 1. The Morgan fingerprint density at radius 3 is 2.64 bits per heavy atom. The third-order valence-electron chi connectivity index (χ3n) is 4.67. The van der Waals surface area contributed by atoms with Crippen LogP contribution >= 0.6 is 11.3 Å². The summed E-state index contributed by atoms with van der Waals surface area (Å²) in [5.41, 5.74) is 1.12. The Hall–Kier alpha value is -1.14. The highest BCUT2D eigenvalue weighted by molar-refractivity contribution is 7.15. The van der Waals surface area contributed by atoms with Crippen molar-refractivity contribution in [3.63, 3.8) is 0 Å². The number of aromatic nitrogens is 1. The van der Waals surface area contributed by atoms with Gasteiger partial charge < -0.3 is 14.5 Å². The molecule has 2 aliphatic rings. The quantitative estimate of drug-likeness (QED) is 0.837. The Bertz CT molecular complexity index is 506. The molecule has 0 aliphatic carbocycles. The first-order valence-electron chi connectivity index (χ1n) is 8.20. The minimum atomic E-state index is 0.171. The molecule has 1 aromatic heterocycles. The molecule has 0 atom stereocenters. The topological polar surface area (TPSA) is 45.7 Å². The van der Waals surface area contributed by atoms with E-state index in [9.17, 15) is 4.79 Å². The van der Waals surface area contributed by atoms with Gasteiger partial charge in [-0.2, -0.15) is 0 Å². The minimum absolute atomic E-state index is 0.171. The maximum Gasteiger partial charge on any atom is 0.225 e. The van der Waals surface area contributed by atoms with Gasteiger partial charge in [-0.05, 0) is 33.1 Å². The fourth-order valence-corrected chi connectivity index (χ4v) is 4.08. The number of aryl methyl sites for hydroxylation is 2. The number of hydrogen-bond donors (Lipinski definition) is 0. The second-order valence-electron chi connectivity index (χ2n) is 6.19. The summed E-state index contributed by atoms with van der Waals surface area (Å²) in [7, 11) is 0. The highest BCUT2D eigenvalue weighted by Gasteiger charge is 2.28. The normalized spacial score (nSPS) is 21.0. The number of nitrogens with zero attached hydrogens (tertiary/aromatic N) is 3. The van der Waals surface area contributed by atoms with Crippen LogP contribution in [0.4, 0.5) is 5.13 Å². The molecule has 2 fully saturated rings. The molecule has 6 heteroatoms. The summed E-state index contributed by atoms with van der Waals surface area (Å²) in [4.78, 5) is 23.0. The van der Waals surface area contributed by atoms with Crippen LogP contribution in [0.1, 0.15) is 29.8 Å². The molecule has 2 aliphatic heterocycles. The van der Waals surface area contributed by atoms with Crippen molar-refractivity contribution in [3.05, 3.63) is 10.6 Å². The number of amides is 1. The van der Waals surface area contributed by atoms with E-state index < -0.39 is 0 Å². The Labute approximate surface area is 136 Å². The van der Waals surface area contributed by atoms with Gasteiger partial charge in [-0.15, -0.1) is 11.3 Å². The molecule has 0 aromatic carbocycles. The summed E-state index contributed by atoms with van der Waals surface area (Å²) < 4.78 is 5.36. The van der Waals surface area contributed by atoms with Gasteiger partial charge in [0, 0.05) is 50.2 Å². The van der Waals surface area contributed by atoms with Crippen LogP contribution in [-0.2, 0) is 9.53 Å². The molecule has 0 radical (unpaired) electrons. The van der Waals surface area contributed by atoms with E-state index in [0.717, 1.165) is 69.5 Å². The highest BCUT2D eigenvalue weighted by atomic mass is 32.1. The average Bonchev–Trinajstić information content (AvgIpc) is 2.76. The fraction of sp³-hybridized carbons (Fsp3) is 0.750. The molecule has 122 valence electrons. The maximum absolute atomic E-state index is 12.6. The zero-order chi connectivity index (χ0) is 15.5. The van der Waals surface area contributed by atoms with E-state index in [2.05, 4.69) is 28.6 Å². The van der Waals surface area contributed by atoms with E-state index in [1.165, 1.54) is 4.88 Å². The van der Waals surface area contributed by atoms with E-state index in [4.69, 9.17) is 4.74 Å². The van der Waals surface area contributed by atoms with Crippen molar-refractivity contribution in [2.45, 2.75) is 33.1 Å². The third-order valence-corrected chi connectivity index (χ3v) is 5.80. The molecule has 5 nitrogen and oxygen atoms in total. The second kappa shape index (κ2) is 6.96. The summed E-state index contributed by atoms with van der Waals surface area (Å²) in [6.45, 7) is 9.21. The van der Waals surface area contributed by atoms with Crippen molar-refractivity contribution in [1.29, 1.82) is 0 Å². The van der Waals surface area contributed by atoms with E-state index in [1.807, 2.05) is 0 Å². The Balaban J connectivity index is 1.60. The molecular formula is C16H25N3O2S. The smallest absolute Gasteiger partial charge is 0.225 e. The largest absolute Gasteiger partial charge is 0.381 e. The summed E-state index contributed by atoms with van der Waals surface area (Å²) in [5.74, 6) is 0.501. The van der Waals surface area contributed by atoms with Gasteiger partial charge >= 0.3 is 0 Å². The maximum atomic E-state index is 12.6. The van der Waals surface area contributed by atoms with Gasteiger partial charge in [0.15, 0.2) is 5.13 Å². The molecule has 0 bridgehead atoms. The van der Waals surface area contributed by atoms with E-state index in [-0.39, 0.29) is 5.92 Å². The Morgan fingerprint density at radius 1 is 1.18 bits per heavy atom. The number of ether oxygens (including phenoxy) is 1. The summed E-state index contributed by atoms with van der Waals surface area (Å²) >= 11 is 1.76. The van der Waals surface area contributed by atoms with Crippen molar-refractivity contribution >= 4 is 22.4 Å². The molecule has 0 spiro atoms. The van der Waals surface area contributed by atoms with Gasteiger partial charge in [-0.1, -0.05) is 0 Å². The van der Waals surface area contributed by atoms with Crippen LogP contribution in [0.15, 0.2) is 0 Å². The molecule has 0 saturated carbocycles. The van der Waals surface area contributed by atoms with Crippen molar-refractivity contribution < 1.29 is 9.53 Å². The molecule has 22 heavy (non-hydrogen) atoms. The lowest BCUT2D eigenvalue weighted by Crippen LogP contribution is -2.40. The predicted octanol–water partition coefficient (Wildman–Crippen LogP) is 2.23. The van der Waals surface area contributed by atoms with Crippen LogP contribution in [0.2, 0.25) is 0 Å². The van der Waals surface area contributed by atoms with Crippen LogP contribution in [0, 0.1) is 19.8 Å². The first-order valence-corrected chi connectivity index (χ1v) is 9.02. The lowest BCUT2D eigenvalue weighted by Gasteiger charge is -2.28. The zero-order valence-corrected chi connectivity index (χ0v) is 14.3. The zero-order valence-electron chi connectivity index (χ0n) is 13.5. The number of rotatable bonds is 2. The average molecular weight is 323 g/mol. The molecule has 1 aromatic rings. The van der Waals surface area contributed by atoms with Gasteiger partial charge in [0.1, 0.15) is 0 Å². The van der Waals surface area contributed by atoms with E-state index in [0.29, 0.717) is 5.91 Å². The van der Waals surface area contributed by atoms with Crippen molar-refractivity contribution in [2.75, 3.05) is 44.3 Å². The summed E-state index contributed by atoms with van der Waals surface area (Å²) in [6, 6.07) is 0. The monoisotopic (exact) mass is 323 g/mol. The Morgan fingerprint density at radius 2 is 1.95 bits per heavy atom. The summed E-state index contributed by atoms with van der Waals surface area (Å²) in [5, 5.41) is 1.11. The minimum Gasteiger partial charge on any atom is -0.381 e. The van der Waals surface area contributed by atoms with Gasteiger partial charge in [0.05, 0.1) is 5.69 Å². The number of carbonyl (C=O) groups is 1. The van der Waals surface area contributed by atoms with E-state index >= 15 is 0 Å².